The van der Waals surface area contributed by atoms with Gasteiger partial charge in [0.05, 0.1) is 5.57 Å². The van der Waals surface area contributed by atoms with Crippen LogP contribution in [0.1, 0.15) is 67.7 Å². The van der Waals surface area contributed by atoms with Gasteiger partial charge in [0, 0.05) is 18.9 Å². The zero-order valence-corrected chi connectivity index (χ0v) is 21.3. The van der Waals surface area contributed by atoms with Crippen molar-refractivity contribution >= 4 is 17.9 Å². The van der Waals surface area contributed by atoms with Gasteiger partial charge >= 0.3 is 17.9 Å². The maximum Gasteiger partial charge on any atom is 0.337 e. The molecule has 7 heteroatoms. The van der Waals surface area contributed by atoms with Crippen molar-refractivity contribution in [3.63, 3.8) is 0 Å². The zero-order valence-electron chi connectivity index (χ0n) is 21.3. The second kappa shape index (κ2) is 14.4. The van der Waals surface area contributed by atoms with Crippen molar-refractivity contribution in [3.8, 4) is 0 Å². The van der Waals surface area contributed by atoms with E-state index in [1.54, 1.807) is 32.1 Å². The fraction of sp³-hybridized carbons (Fsp3) is 0.519. The second-order valence-corrected chi connectivity index (χ2v) is 8.66. The maximum absolute atomic E-state index is 12.2. The molecule has 7 nitrogen and oxygen atoms in total. The standard InChI is InChI=1S/C27H38O7/c1-8-19(5)26(30)32-15-14-18(4)10-9-11-20(6)23(33-21(7)28)13-12-22-25(29)24(16-17(2)3)34-27(22)31/h8,11-12,14,16,23-25,29H,9-10,13,15H2,1-7H3/b18-14-,19-8-,20-11+,22-12+/t23-,24+,25-/m0/s1. The predicted molar refractivity (Wildman–Crippen MR) is 131 cm³/mol. The molecule has 0 aromatic carbocycles. The molecule has 34 heavy (non-hydrogen) atoms. The van der Waals surface area contributed by atoms with Crippen molar-refractivity contribution in [2.45, 2.75) is 86.0 Å². The summed E-state index contributed by atoms with van der Waals surface area (Å²) in [5.41, 5.74) is 3.60. The summed E-state index contributed by atoms with van der Waals surface area (Å²) in [6.07, 6.45) is 8.24. The normalized spacial score (nSPS) is 21.2. The van der Waals surface area contributed by atoms with Gasteiger partial charge < -0.3 is 19.3 Å². The highest BCUT2D eigenvalue weighted by atomic mass is 16.6. The van der Waals surface area contributed by atoms with Gasteiger partial charge in [0.25, 0.3) is 0 Å². The zero-order chi connectivity index (χ0) is 25.8. The molecule has 0 aromatic heterocycles. The summed E-state index contributed by atoms with van der Waals surface area (Å²) >= 11 is 0. The minimum Gasteiger partial charge on any atom is -0.458 e. The van der Waals surface area contributed by atoms with Gasteiger partial charge in [0.15, 0.2) is 6.10 Å². The number of hydrogen-bond acceptors (Lipinski definition) is 7. The van der Waals surface area contributed by atoms with Crippen LogP contribution in [0.5, 0.6) is 0 Å². The summed E-state index contributed by atoms with van der Waals surface area (Å²) < 4.78 is 15.8. The van der Waals surface area contributed by atoms with Crippen LogP contribution < -0.4 is 0 Å². The molecule has 0 bridgehead atoms. The molecule has 0 aliphatic carbocycles. The fourth-order valence-corrected chi connectivity index (χ4v) is 3.23. The third-order valence-corrected chi connectivity index (χ3v) is 5.38. The number of aliphatic hydroxyl groups is 1. The van der Waals surface area contributed by atoms with Gasteiger partial charge in [-0.3, -0.25) is 4.79 Å². The summed E-state index contributed by atoms with van der Waals surface area (Å²) in [6, 6.07) is 0. The first-order valence-corrected chi connectivity index (χ1v) is 11.5. The molecule has 0 unspecified atom stereocenters. The Morgan fingerprint density at radius 3 is 2.38 bits per heavy atom. The Kier molecular flexibility index (Phi) is 12.3. The molecule has 1 saturated heterocycles. The molecule has 1 aliphatic heterocycles. The van der Waals surface area contributed by atoms with Crippen molar-refractivity contribution < 1.29 is 33.7 Å². The van der Waals surface area contributed by atoms with Crippen LogP contribution in [-0.2, 0) is 28.6 Å². The van der Waals surface area contributed by atoms with Crippen LogP contribution >= 0.6 is 0 Å². The Hall–Kier alpha value is -2.93. The quantitative estimate of drug-likeness (QED) is 0.201. The van der Waals surface area contributed by atoms with E-state index in [9.17, 15) is 19.5 Å². The van der Waals surface area contributed by atoms with E-state index >= 15 is 0 Å². The largest absolute Gasteiger partial charge is 0.458 e. The Bertz CT molecular complexity index is 898. The Balaban J connectivity index is 2.75. The number of ether oxygens (including phenoxy) is 3. The molecule has 0 amide bonds. The second-order valence-electron chi connectivity index (χ2n) is 8.66. The van der Waals surface area contributed by atoms with Crippen LogP contribution in [0.4, 0.5) is 0 Å². The lowest BCUT2D eigenvalue weighted by Crippen LogP contribution is -2.21. The molecule has 0 aromatic rings. The van der Waals surface area contributed by atoms with Crippen LogP contribution in [-0.4, -0.2) is 47.9 Å². The maximum atomic E-state index is 12.2. The lowest BCUT2D eigenvalue weighted by Gasteiger charge is -2.17. The number of rotatable bonds is 11. The van der Waals surface area contributed by atoms with E-state index in [1.165, 1.54) is 6.92 Å². The SMILES string of the molecule is C/C=C(/C)C(=O)OC/C=C(/C)CC/C=C(\C)[C@H](C/C=C1/C(=O)O[C@H](C=C(C)C)[C@H]1O)OC(C)=O. The summed E-state index contributed by atoms with van der Waals surface area (Å²) in [7, 11) is 0. The molecule has 1 heterocycles. The molecule has 0 spiro atoms. The molecular formula is C27H38O7. The van der Waals surface area contributed by atoms with Crippen molar-refractivity contribution in [2.24, 2.45) is 0 Å². The number of cyclic esters (lactones) is 1. The first-order chi connectivity index (χ1) is 16.0. The van der Waals surface area contributed by atoms with E-state index in [2.05, 4.69) is 0 Å². The summed E-state index contributed by atoms with van der Waals surface area (Å²) in [4.78, 5) is 35.4. The van der Waals surface area contributed by atoms with Gasteiger partial charge in [-0.2, -0.15) is 0 Å². The van der Waals surface area contributed by atoms with Gasteiger partial charge in [0.2, 0.25) is 0 Å². The fourth-order valence-electron chi connectivity index (χ4n) is 3.23. The average Bonchev–Trinajstić information content (AvgIpc) is 3.01. The lowest BCUT2D eigenvalue weighted by atomic mass is 10.0. The molecule has 0 radical (unpaired) electrons. The molecule has 1 N–H and O–H groups in total. The van der Waals surface area contributed by atoms with Crippen LogP contribution in [0.25, 0.3) is 0 Å². The van der Waals surface area contributed by atoms with Gasteiger partial charge in [0.1, 0.15) is 18.8 Å². The van der Waals surface area contributed by atoms with Crippen molar-refractivity contribution in [3.05, 3.63) is 58.2 Å². The Morgan fingerprint density at radius 1 is 1.12 bits per heavy atom. The first-order valence-electron chi connectivity index (χ1n) is 11.5. The number of aliphatic hydroxyl groups excluding tert-OH is 1. The third-order valence-electron chi connectivity index (χ3n) is 5.38. The number of esters is 3. The minimum absolute atomic E-state index is 0.175. The van der Waals surface area contributed by atoms with E-state index in [-0.39, 0.29) is 24.6 Å². The third kappa shape index (κ3) is 9.91. The van der Waals surface area contributed by atoms with E-state index in [0.717, 1.165) is 23.1 Å². The summed E-state index contributed by atoms with van der Waals surface area (Å²) in [5.74, 6) is -1.32. The first kappa shape index (κ1) is 29.1. The summed E-state index contributed by atoms with van der Waals surface area (Å²) in [5, 5.41) is 10.4. The van der Waals surface area contributed by atoms with E-state index in [0.29, 0.717) is 12.0 Å². The van der Waals surface area contributed by atoms with E-state index in [4.69, 9.17) is 14.2 Å². The van der Waals surface area contributed by atoms with Crippen LogP contribution in [0.2, 0.25) is 0 Å². The van der Waals surface area contributed by atoms with Crippen molar-refractivity contribution in [2.75, 3.05) is 6.61 Å². The number of carbonyl (C=O) groups excluding carboxylic acids is 3. The lowest BCUT2D eigenvalue weighted by molar-refractivity contribution is -0.144. The average molecular weight is 475 g/mol. The van der Waals surface area contributed by atoms with Gasteiger partial charge in [-0.05, 0) is 72.1 Å². The molecule has 1 fully saturated rings. The number of carbonyl (C=O) groups is 3. The van der Waals surface area contributed by atoms with Crippen LogP contribution in [0.3, 0.4) is 0 Å². The highest BCUT2D eigenvalue weighted by Crippen LogP contribution is 2.25. The van der Waals surface area contributed by atoms with E-state index < -0.39 is 30.3 Å². The molecule has 3 atom stereocenters. The predicted octanol–water partition coefficient (Wildman–Crippen LogP) is 4.67. The molecule has 1 aliphatic rings. The van der Waals surface area contributed by atoms with Crippen LogP contribution in [0.15, 0.2) is 58.2 Å². The molecular weight excluding hydrogens is 436 g/mol. The number of allylic oxidation sites excluding steroid dienone is 4. The highest BCUT2D eigenvalue weighted by Gasteiger charge is 2.37. The molecule has 188 valence electrons. The Labute approximate surface area is 202 Å². The monoisotopic (exact) mass is 474 g/mol. The van der Waals surface area contributed by atoms with Gasteiger partial charge in [-0.1, -0.05) is 29.4 Å². The van der Waals surface area contributed by atoms with E-state index in [1.807, 2.05) is 39.8 Å². The molecule has 0 saturated carbocycles. The van der Waals surface area contributed by atoms with Crippen LogP contribution in [0, 0.1) is 0 Å². The smallest absolute Gasteiger partial charge is 0.337 e. The van der Waals surface area contributed by atoms with Crippen molar-refractivity contribution in [1.29, 1.82) is 0 Å². The van der Waals surface area contributed by atoms with Crippen molar-refractivity contribution in [1.82, 2.24) is 0 Å². The number of hydrogen-bond donors (Lipinski definition) is 1. The van der Waals surface area contributed by atoms with Gasteiger partial charge in [-0.25, -0.2) is 9.59 Å². The Morgan fingerprint density at radius 2 is 1.79 bits per heavy atom. The molecule has 1 rings (SSSR count). The highest BCUT2D eigenvalue weighted by molar-refractivity contribution is 5.92. The van der Waals surface area contributed by atoms with Gasteiger partial charge in [-0.15, -0.1) is 0 Å². The summed E-state index contributed by atoms with van der Waals surface area (Å²) in [6.45, 7) is 12.6. The topological polar surface area (TPSA) is 99.1 Å². The minimum atomic E-state index is -1.05.